The maximum atomic E-state index is 13.0. The SMILES string of the molecule is C=CC(=O)N(CCn1nc(-c2ccc(OC(C)C)c(O)c2)c2c(N)ncnc21)C(=O)c1ccccc1. The lowest BCUT2D eigenvalue weighted by molar-refractivity contribution is -0.123. The average Bonchev–Trinajstić information content (AvgIpc) is 3.25. The number of nitrogens with zero attached hydrogens (tertiary/aromatic N) is 5. The highest BCUT2D eigenvalue weighted by atomic mass is 16.5. The van der Waals surface area contributed by atoms with Crippen molar-refractivity contribution in [1.29, 1.82) is 0 Å². The zero-order chi connectivity index (χ0) is 25.8. The summed E-state index contributed by atoms with van der Waals surface area (Å²) in [5.74, 6) is -0.463. The van der Waals surface area contributed by atoms with Crippen LogP contribution in [-0.2, 0) is 11.3 Å². The Morgan fingerprint density at radius 2 is 1.94 bits per heavy atom. The van der Waals surface area contributed by atoms with Crippen LogP contribution in [0.25, 0.3) is 22.3 Å². The predicted molar refractivity (Wildman–Crippen MR) is 135 cm³/mol. The number of fused-ring (bicyclic) bond motifs is 1. The summed E-state index contributed by atoms with van der Waals surface area (Å²) in [6.07, 6.45) is 2.31. The van der Waals surface area contributed by atoms with Crippen molar-refractivity contribution in [3.63, 3.8) is 0 Å². The summed E-state index contributed by atoms with van der Waals surface area (Å²) in [5.41, 5.74) is 8.00. The van der Waals surface area contributed by atoms with Crippen LogP contribution in [0.3, 0.4) is 0 Å². The maximum absolute atomic E-state index is 13.0. The fourth-order valence-electron chi connectivity index (χ4n) is 3.76. The van der Waals surface area contributed by atoms with Gasteiger partial charge in [0.2, 0.25) is 0 Å². The summed E-state index contributed by atoms with van der Waals surface area (Å²) in [4.78, 5) is 35.0. The van der Waals surface area contributed by atoms with Crippen molar-refractivity contribution >= 4 is 28.7 Å². The van der Waals surface area contributed by atoms with Gasteiger partial charge in [0.05, 0.1) is 18.0 Å². The molecule has 4 rings (SSSR count). The number of ether oxygens (including phenoxy) is 1. The minimum atomic E-state index is -0.527. The average molecular weight is 487 g/mol. The van der Waals surface area contributed by atoms with E-state index in [1.165, 1.54) is 12.4 Å². The van der Waals surface area contributed by atoms with Crippen molar-refractivity contribution in [2.75, 3.05) is 12.3 Å². The number of benzene rings is 2. The molecular weight excluding hydrogens is 460 g/mol. The Balaban J connectivity index is 1.70. The molecule has 4 aromatic rings. The number of nitrogens with two attached hydrogens (primary N) is 1. The highest BCUT2D eigenvalue weighted by Gasteiger charge is 2.23. The zero-order valence-electron chi connectivity index (χ0n) is 20.0. The van der Waals surface area contributed by atoms with E-state index >= 15 is 0 Å². The van der Waals surface area contributed by atoms with Crippen molar-refractivity contribution in [1.82, 2.24) is 24.6 Å². The van der Waals surface area contributed by atoms with E-state index in [9.17, 15) is 14.7 Å². The number of carbonyl (C=O) groups is 2. The second-order valence-electron chi connectivity index (χ2n) is 8.24. The van der Waals surface area contributed by atoms with Gasteiger partial charge in [0.15, 0.2) is 17.1 Å². The topological polar surface area (TPSA) is 136 Å². The molecule has 10 nitrogen and oxygen atoms in total. The lowest BCUT2D eigenvalue weighted by atomic mass is 10.1. The Morgan fingerprint density at radius 1 is 1.19 bits per heavy atom. The van der Waals surface area contributed by atoms with E-state index in [1.807, 2.05) is 13.8 Å². The largest absolute Gasteiger partial charge is 0.504 e. The van der Waals surface area contributed by atoms with Gasteiger partial charge < -0.3 is 15.6 Å². The van der Waals surface area contributed by atoms with Gasteiger partial charge in [0.25, 0.3) is 11.8 Å². The van der Waals surface area contributed by atoms with Gasteiger partial charge in [-0.25, -0.2) is 14.6 Å². The Hall–Kier alpha value is -4.73. The van der Waals surface area contributed by atoms with Crippen molar-refractivity contribution in [2.24, 2.45) is 0 Å². The maximum Gasteiger partial charge on any atom is 0.260 e. The minimum Gasteiger partial charge on any atom is -0.504 e. The first-order valence-electron chi connectivity index (χ1n) is 11.3. The Morgan fingerprint density at radius 3 is 2.61 bits per heavy atom. The highest BCUT2D eigenvalue weighted by Crippen LogP contribution is 2.35. The van der Waals surface area contributed by atoms with Gasteiger partial charge in [-0.05, 0) is 50.3 Å². The van der Waals surface area contributed by atoms with Gasteiger partial charge in [-0.15, -0.1) is 0 Å². The number of anilines is 1. The smallest absolute Gasteiger partial charge is 0.260 e. The molecule has 0 aliphatic heterocycles. The van der Waals surface area contributed by atoms with Gasteiger partial charge >= 0.3 is 0 Å². The molecule has 0 bridgehead atoms. The van der Waals surface area contributed by atoms with E-state index in [0.29, 0.717) is 33.6 Å². The molecule has 2 heterocycles. The molecule has 0 saturated heterocycles. The van der Waals surface area contributed by atoms with E-state index < -0.39 is 11.8 Å². The number of phenolic OH excluding ortho intramolecular Hbond substituents is 1. The molecule has 0 atom stereocenters. The molecular formula is C26H26N6O4. The molecule has 3 N–H and O–H groups in total. The monoisotopic (exact) mass is 486 g/mol. The van der Waals surface area contributed by atoms with Gasteiger partial charge in [0, 0.05) is 17.7 Å². The van der Waals surface area contributed by atoms with Crippen molar-refractivity contribution < 1.29 is 19.4 Å². The molecule has 0 radical (unpaired) electrons. The molecule has 0 aliphatic carbocycles. The van der Waals surface area contributed by atoms with Gasteiger partial charge in [0.1, 0.15) is 17.8 Å². The zero-order valence-corrected chi connectivity index (χ0v) is 20.0. The number of aromatic hydroxyl groups is 1. The van der Waals surface area contributed by atoms with Crippen LogP contribution in [0.15, 0.2) is 67.5 Å². The van der Waals surface area contributed by atoms with E-state index in [-0.39, 0.29) is 30.8 Å². The van der Waals surface area contributed by atoms with Crippen molar-refractivity contribution in [3.8, 4) is 22.8 Å². The molecule has 2 aromatic carbocycles. The second kappa shape index (κ2) is 10.3. The third-order valence-corrected chi connectivity index (χ3v) is 5.40. The Bertz CT molecular complexity index is 1430. The Labute approximate surface area is 207 Å². The number of amides is 2. The molecule has 2 aromatic heterocycles. The first-order valence-corrected chi connectivity index (χ1v) is 11.3. The van der Waals surface area contributed by atoms with Crippen LogP contribution in [0.5, 0.6) is 11.5 Å². The molecule has 0 aliphatic rings. The molecule has 36 heavy (non-hydrogen) atoms. The highest BCUT2D eigenvalue weighted by molar-refractivity contribution is 6.07. The summed E-state index contributed by atoms with van der Waals surface area (Å²) in [6, 6.07) is 13.5. The lowest BCUT2D eigenvalue weighted by Crippen LogP contribution is -2.38. The van der Waals surface area contributed by atoms with Crippen LogP contribution in [0, 0.1) is 0 Å². The normalized spacial score (nSPS) is 11.0. The molecule has 0 unspecified atom stereocenters. The number of imide groups is 1. The molecule has 0 fully saturated rings. The number of carbonyl (C=O) groups excluding carboxylic acids is 2. The van der Waals surface area contributed by atoms with E-state index in [4.69, 9.17) is 10.5 Å². The summed E-state index contributed by atoms with van der Waals surface area (Å²) < 4.78 is 7.16. The summed E-state index contributed by atoms with van der Waals surface area (Å²) in [6.45, 7) is 7.41. The number of rotatable bonds is 8. The lowest BCUT2D eigenvalue weighted by Gasteiger charge is -2.19. The number of hydrogen-bond donors (Lipinski definition) is 2. The van der Waals surface area contributed by atoms with Crippen LogP contribution >= 0.6 is 0 Å². The third-order valence-electron chi connectivity index (χ3n) is 5.40. The van der Waals surface area contributed by atoms with E-state index in [1.54, 1.807) is 47.1 Å². The van der Waals surface area contributed by atoms with E-state index in [2.05, 4.69) is 21.6 Å². The number of aromatic nitrogens is 4. The van der Waals surface area contributed by atoms with Gasteiger partial charge in [-0.2, -0.15) is 5.10 Å². The fourth-order valence-corrected chi connectivity index (χ4v) is 3.76. The van der Waals surface area contributed by atoms with Crippen LogP contribution in [0.1, 0.15) is 24.2 Å². The molecule has 0 saturated carbocycles. The third kappa shape index (κ3) is 4.88. The standard InChI is InChI=1S/C26H26N6O4/c1-4-21(34)31(26(35)17-8-6-5-7-9-17)12-13-32-25-22(24(27)28-15-29-25)23(30-32)18-10-11-20(19(33)14-18)36-16(2)3/h4-11,14-16,33H,1,12-13H2,2-3H3,(H2,27,28,29). The predicted octanol–water partition coefficient (Wildman–Crippen LogP) is 3.42. The molecule has 0 spiro atoms. The quantitative estimate of drug-likeness (QED) is 0.362. The number of nitrogen functional groups attached to an aromatic ring is 1. The Kier molecular flexibility index (Phi) is 6.95. The first kappa shape index (κ1) is 24.4. The van der Waals surface area contributed by atoms with Crippen LogP contribution in [0.4, 0.5) is 5.82 Å². The van der Waals surface area contributed by atoms with Crippen molar-refractivity contribution in [3.05, 3.63) is 73.1 Å². The van der Waals surface area contributed by atoms with Crippen LogP contribution < -0.4 is 10.5 Å². The fraction of sp³-hybridized carbons (Fsp3) is 0.192. The molecule has 10 heteroatoms. The van der Waals surface area contributed by atoms with Crippen LogP contribution in [0.2, 0.25) is 0 Å². The first-order chi connectivity index (χ1) is 17.3. The summed E-state index contributed by atoms with van der Waals surface area (Å²) in [7, 11) is 0. The summed E-state index contributed by atoms with van der Waals surface area (Å²) >= 11 is 0. The van der Waals surface area contributed by atoms with Crippen LogP contribution in [-0.4, -0.2) is 54.2 Å². The van der Waals surface area contributed by atoms with Crippen molar-refractivity contribution in [2.45, 2.75) is 26.5 Å². The molecule has 184 valence electrons. The van der Waals surface area contributed by atoms with Gasteiger partial charge in [-0.3, -0.25) is 14.5 Å². The van der Waals surface area contributed by atoms with E-state index in [0.717, 1.165) is 11.0 Å². The van der Waals surface area contributed by atoms with Gasteiger partial charge in [-0.1, -0.05) is 24.8 Å². The second-order valence-corrected chi connectivity index (χ2v) is 8.24. The molecule has 2 amide bonds. The minimum absolute atomic E-state index is 0.0190. The summed E-state index contributed by atoms with van der Waals surface area (Å²) in [5, 5.41) is 15.6. The number of phenols is 1. The number of hydrogen-bond acceptors (Lipinski definition) is 8.